The Morgan fingerprint density at radius 1 is 1.32 bits per heavy atom. The molecule has 5 nitrogen and oxygen atoms in total. The predicted octanol–water partition coefficient (Wildman–Crippen LogP) is 2.49. The van der Waals surface area contributed by atoms with Gasteiger partial charge in [0.25, 0.3) is 0 Å². The van der Waals surface area contributed by atoms with Gasteiger partial charge in [0.05, 0.1) is 24.8 Å². The van der Waals surface area contributed by atoms with Crippen molar-refractivity contribution in [1.82, 2.24) is 4.98 Å². The van der Waals surface area contributed by atoms with Crippen LogP contribution in [0, 0.1) is 6.92 Å². The van der Waals surface area contributed by atoms with E-state index >= 15 is 0 Å². The highest BCUT2D eigenvalue weighted by molar-refractivity contribution is 5.92. The number of rotatable bonds is 5. The zero-order chi connectivity index (χ0) is 15.5. The first-order valence-electron chi connectivity index (χ1n) is 7.63. The molecule has 1 saturated heterocycles. The van der Waals surface area contributed by atoms with Crippen molar-refractivity contribution in [1.29, 1.82) is 0 Å². The molecule has 1 aliphatic rings. The summed E-state index contributed by atoms with van der Waals surface area (Å²) in [6.45, 7) is 5.10. The minimum Gasteiger partial charge on any atom is -0.508 e. The van der Waals surface area contributed by atoms with Crippen LogP contribution in [0.2, 0.25) is 0 Å². The van der Waals surface area contributed by atoms with Crippen LogP contribution in [-0.2, 0) is 9.47 Å². The molecular weight excluding hydrogens is 280 g/mol. The molecule has 1 aliphatic heterocycles. The fourth-order valence-electron chi connectivity index (χ4n) is 2.97. The molecule has 1 N–H and O–H groups in total. The fourth-order valence-corrected chi connectivity index (χ4v) is 2.97. The van der Waals surface area contributed by atoms with Crippen LogP contribution in [0.5, 0.6) is 5.75 Å². The minimum atomic E-state index is 0.246. The Morgan fingerprint density at radius 3 is 3.00 bits per heavy atom. The molecule has 2 aromatic rings. The number of nitrogens with zero attached hydrogens (tertiary/aromatic N) is 2. The summed E-state index contributed by atoms with van der Waals surface area (Å²) in [4.78, 5) is 6.85. The molecule has 1 unspecified atom stereocenters. The van der Waals surface area contributed by atoms with Crippen LogP contribution in [0.15, 0.2) is 24.3 Å². The first-order chi connectivity index (χ1) is 10.7. The lowest BCUT2D eigenvalue weighted by Gasteiger charge is -2.21. The van der Waals surface area contributed by atoms with Crippen LogP contribution in [0.1, 0.15) is 12.1 Å². The molecule has 1 aromatic carbocycles. The van der Waals surface area contributed by atoms with Gasteiger partial charge in [-0.05, 0) is 31.5 Å². The summed E-state index contributed by atoms with van der Waals surface area (Å²) in [6.07, 6.45) is 1.26. The number of aryl methyl sites for hydroxylation is 1. The number of hydrogen-bond donors (Lipinski definition) is 1. The zero-order valence-corrected chi connectivity index (χ0v) is 13.1. The van der Waals surface area contributed by atoms with E-state index in [1.165, 1.54) is 5.69 Å². The number of hydrogen-bond acceptors (Lipinski definition) is 5. The van der Waals surface area contributed by atoms with Gasteiger partial charge in [0.15, 0.2) is 0 Å². The van der Waals surface area contributed by atoms with Crippen LogP contribution in [0.25, 0.3) is 10.9 Å². The van der Waals surface area contributed by atoms with Gasteiger partial charge in [0.1, 0.15) is 5.75 Å². The largest absolute Gasteiger partial charge is 0.508 e. The Balaban J connectivity index is 1.82. The summed E-state index contributed by atoms with van der Waals surface area (Å²) in [5.74, 6) is 0.249. The van der Waals surface area contributed by atoms with Gasteiger partial charge in [-0.25, -0.2) is 0 Å². The fraction of sp³-hybridized carbons (Fsp3) is 0.471. The van der Waals surface area contributed by atoms with E-state index in [2.05, 4.69) is 16.0 Å². The number of aromatic nitrogens is 1. The predicted molar refractivity (Wildman–Crippen MR) is 86.6 cm³/mol. The standard InChI is InChI=1S/C17H22N2O3/c1-12-9-17(15-4-3-13(20)10-16(15)18-12)19-6-5-14(11-19)22-8-7-21-2/h3-4,9-10,14,20H,5-8,11H2,1-2H3. The Kier molecular flexibility index (Phi) is 4.45. The first-order valence-corrected chi connectivity index (χ1v) is 7.63. The van der Waals surface area contributed by atoms with Gasteiger partial charge in [0.2, 0.25) is 0 Å². The van der Waals surface area contributed by atoms with Crippen molar-refractivity contribution in [2.45, 2.75) is 19.4 Å². The number of methoxy groups -OCH3 is 1. The maximum absolute atomic E-state index is 9.65. The van der Waals surface area contributed by atoms with Gasteiger partial charge < -0.3 is 19.5 Å². The topological polar surface area (TPSA) is 54.8 Å². The van der Waals surface area contributed by atoms with E-state index in [-0.39, 0.29) is 11.9 Å². The summed E-state index contributed by atoms with van der Waals surface area (Å²) in [5, 5.41) is 10.7. The highest BCUT2D eigenvalue weighted by Crippen LogP contribution is 2.31. The van der Waals surface area contributed by atoms with E-state index in [0.29, 0.717) is 13.2 Å². The van der Waals surface area contributed by atoms with E-state index < -0.39 is 0 Å². The lowest BCUT2D eigenvalue weighted by atomic mass is 10.1. The normalized spacial score (nSPS) is 18.3. The zero-order valence-electron chi connectivity index (χ0n) is 13.1. The molecule has 0 radical (unpaired) electrons. The second-order valence-corrected chi connectivity index (χ2v) is 5.70. The Morgan fingerprint density at radius 2 is 2.18 bits per heavy atom. The van der Waals surface area contributed by atoms with Crippen molar-refractivity contribution in [3.05, 3.63) is 30.0 Å². The molecule has 1 atom stereocenters. The summed E-state index contributed by atoms with van der Waals surface area (Å²) in [5.41, 5.74) is 2.95. The Labute approximate surface area is 130 Å². The molecule has 0 bridgehead atoms. The summed E-state index contributed by atoms with van der Waals surface area (Å²) in [7, 11) is 1.69. The SMILES string of the molecule is COCCOC1CCN(c2cc(C)nc3cc(O)ccc23)C1. The van der Waals surface area contributed by atoms with Crippen LogP contribution in [0.4, 0.5) is 5.69 Å². The van der Waals surface area contributed by atoms with Gasteiger partial charge in [-0.3, -0.25) is 4.98 Å². The molecular formula is C17H22N2O3. The Hall–Kier alpha value is -1.85. The van der Waals surface area contributed by atoms with Crippen LogP contribution in [0.3, 0.4) is 0 Å². The van der Waals surface area contributed by atoms with E-state index in [4.69, 9.17) is 9.47 Å². The minimum absolute atomic E-state index is 0.246. The lowest BCUT2D eigenvalue weighted by molar-refractivity contribution is 0.0280. The second-order valence-electron chi connectivity index (χ2n) is 5.70. The van der Waals surface area contributed by atoms with Gasteiger partial charge in [-0.1, -0.05) is 0 Å². The smallest absolute Gasteiger partial charge is 0.117 e. The maximum Gasteiger partial charge on any atom is 0.117 e. The third-order valence-electron chi connectivity index (χ3n) is 4.03. The maximum atomic E-state index is 9.65. The van der Waals surface area contributed by atoms with Crippen molar-refractivity contribution in [2.75, 3.05) is 38.3 Å². The highest BCUT2D eigenvalue weighted by Gasteiger charge is 2.24. The lowest BCUT2D eigenvalue weighted by Crippen LogP contribution is -2.24. The molecule has 118 valence electrons. The first kappa shape index (κ1) is 15.1. The van der Waals surface area contributed by atoms with E-state index in [1.54, 1.807) is 19.2 Å². The van der Waals surface area contributed by atoms with E-state index in [1.807, 2.05) is 13.0 Å². The third kappa shape index (κ3) is 3.15. The summed E-state index contributed by atoms with van der Waals surface area (Å²) in [6, 6.07) is 7.47. The number of pyridine rings is 1. The molecule has 0 amide bonds. The molecule has 1 fully saturated rings. The number of phenolic OH excluding ortho intramolecular Hbond substituents is 1. The summed E-state index contributed by atoms with van der Waals surface area (Å²) >= 11 is 0. The number of aromatic hydroxyl groups is 1. The Bertz CT molecular complexity index is 654. The van der Waals surface area contributed by atoms with Crippen molar-refractivity contribution in [3.8, 4) is 5.75 Å². The van der Waals surface area contributed by atoms with Gasteiger partial charge in [-0.15, -0.1) is 0 Å². The van der Waals surface area contributed by atoms with Crippen LogP contribution < -0.4 is 4.90 Å². The molecule has 0 spiro atoms. The molecule has 22 heavy (non-hydrogen) atoms. The molecule has 1 aromatic heterocycles. The molecule has 5 heteroatoms. The number of fused-ring (bicyclic) bond motifs is 1. The van der Waals surface area contributed by atoms with Crippen molar-refractivity contribution >= 4 is 16.6 Å². The number of ether oxygens (including phenoxy) is 2. The quantitative estimate of drug-likeness (QED) is 0.860. The van der Waals surface area contributed by atoms with Gasteiger partial charge >= 0.3 is 0 Å². The van der Waals surface area contributed by atoms with Crippen molar-refractivity contribution < 1.29 is 14.6 Å². The molecule has 0 aliphatic carbocycles. The molecule has 3 rings (SSSR count). The molecule has 2 heterocycles. The highest BCUT2D eigenvalue weighted by atomic mass is 16.5. The van der Waals surface area contributed by atoms with Crippen molar-refractivity contribution in [3.63, 3.8) is 0 Å². The summed E-state index contributed by atoms with van der Waals surface area (Å²) < 4.78 is 10.9. The second kappa shape index (κ2) is 6.50. The van der Waals surface area contributed by atoms with Gasteiger partial charge in [0, 0.05) is 43.0 Å². The monoisotopic (exact) mass is 302 g/mol. The van der Waals surface area contributed by atoms with Crippen molar-refractivity contribution in [2.24, 2.45) is 0 Å². The molecule has 0 saturated carbocycles. The average Bonchev–Trinajstić information content (AvgIpc) is 2.95. The van der Waals surface area contributed by atoms with E-state index in [0.717, 1.165) is 36.1 Å². The number of phenols is 1. The third-order valence-corrected chi connectivity index (χ3v) is 4.03. The number of anilines is 1. The number of benzene rings is 1. The van der Waals surface area contributed by atoms with Crippen LogP contribution in [-0.4, -0.2) is 49.6 Å². The van der Waals surface area contributed by atoms with Crippen LogP contribution >= 0.6 is 0 Å². The van der Waals surface area contributed by atoms with Gasteiger partial charge in [-0.2, -0.15) is 0 Å². The average molecular weight is 302 g/mol. The van der Waals surface area contributed by atoms with E-state index in [9.17, 15) is 5.11 Å².